The largest absolute Gasteiger partial charge is 0.480 e. The summed E-state index contributed by atoms with van der Waals surface area (Å²) < 4.78 is 29.3. The molecule has 1 aliphatic rings. The van der Waals surface area contributed by atoms with Crippen molar-refractivity contribution in [3.05, 3.63) is 89.4 Å². The molecule has 0 unspecified atom stereocenters. The summed E-state index contributed by atoms with van der Waals surface area (Å²) in [5, 5.41) is 21.6. The summed E-state index contributed by atoms with van der Waals surface area (Å²) >= 11 is 0. The minimum absolute atomic E-state index is 0.214. The van der Waals surface area contributed by atoms with E-state index in [4.69, 9.17) is 0 Å². The van der Waals surface area contributed by atoms with Gasteiger partial charge in [-0.05, 0) is 47.2 Å². The highest BCUT2D eigenvalue weighted by Crippen LogP contribution is 2.20. The molecule has 0 radical (unpaired) electrons. The van der Waals surface area contributed by atoms with Crippen molar-refractivity contribution in [1.82, 2.24) is 24.8 Å². The number of sulfonamides is 1. The topological polar surface area (TPSA) is 155 Å². The maximum absolute atomic E-state index is 12.7. The van der Waals surface area contributed by atoms with E-state index >= 15 is 0 Å². The lowest BCUT2D eigenvalue weighted by Gasteiger charge is -2.17. The molecule has 1 amide bonds. The van der Waals surface area contributed by atoms with Crippen LogP contribution in [0.3, 0.4) is 0 Å². The van der Waals surface area contributed by atoms with Gasteiger partial charge in [-0.15, -0.1) is 0 Å². The highest BCUT2D eigenvalue weighted by molar-refractivity contribution is 7.89. The number of hydrogen-bond acceptors (Lipinski definition) is 7. The molecule has 0 bridgehead atoms. The van der Waals surface area contributed by atoms with Crippen LogP contribution >= 0.6 is 0 Å². The van der Waals surface area contributed by atoms with Gasteiger partial charge in [-0.1, -0.05) is 48.5 Å². The number of carbonyl (C=O) groups is 2. The fourth-order valence-corrected chi connectivity index (χ4v) is 6.07. The fourth-order valence-electron chi connectivity index (χ4n) is 4.85. The molecule has 1 atom stereocenters. The highest BCUT2D eigenvalue weighted by atomic mass is 32.2. The number of nitrogens with one attached hydrogen (secondary N) is 3. The van der Waals surface area contributed by atoms with Crippen LogP contribution in [0, 0.1) is 0 Å². The van der Waals surface area contributed by atoms with Gasteiger partial charge in [-0.3, -0.25) is 14.3 Å². The first-order chi connectivity index (χ1) is 19.8. The summed E-state index contributed by atoms with van der Waals surface area (Å²) in [5.74, 6) is -1.30. The number of benzene rings is 2. The van der Waals surface area contributed by atoms with Crippen molar-refractivity contribution in [2.24, 2.45) is 0 Å². The van der Waals surface area contributed by atoms with Gasteiger partial charge in [0.15, 0.2) is 0 Å². The Balaban J connectivity index is 1.13. The van der Waals surface area contributed by atoms with Gasteiger partial charge in [-0.25, -0.2) is 13.4 Å². The number of aromatic nitrogens is 3. The summed E-state index contributed by atoms with van der Waals surface area (Å²) in [4.78, 5) is 29.1. The number of nitrogens with zero attached hydrogens (tertiary/aromatic N) is 3. The molecule has 11 nitrogen and oxygen atoms in total. The lowest BCUT2D eigenvalue weighted by Crippen LogP contribution is -2.49. The summed E-state index contributed by atoms with van der Waals surface area (Å²) in [6.45, 7) is 1.00. The Morgan fingerprint density at radius 3 is 2.76 bits per heavy atom. The van der Waals surface area contributed by atoms with Crippen molar-refractivity contribution in [3.63, 3.8) is 0 Å². The molecule has 0 spiro atoms. The predicted molar refractivity (Wildman–Crippen MR) is 155 cm³/mol. The number of aliphatic carboxylic acids is 1. The number of pyridine rings is 1. The first-order valence-electron chi connectivity index (χ1n) is 13.5. The zero-order valence-electron chi connectivity index (χ0n) is 22.4. The van der Waals surface area contributed by atoms with Crippen LogP contribution in [-0.2, 0) is 40.6 Å². The molecular formula is C29H32N6O5S. The lowest BCUT2D eigenvalue weighted by atomic mass is 10.0. The van der Waals surface area contributed by atoms with Crippen molar-refractivity contribution in [3.8, 4) is 0 Å². The Kier molecular flexibility index (Phi) is 8.60. The van der Waals surface area contributed by atoms with Gasteiger partial charge >= 0.3 is 5.97 Å². The highest BCUT2D eigenvalue weighted by Gasteiger charge is 2.25. The minimum atomic E-state index is -3.95. The molecule has 0 saturated heterocycles. The summed E-state index contributed by atoms with van der Waals surface area (Å²) in [5.41, 5.74) is 3.22. The molecular weight excluding hydrogens is 544 g/mol. The third kappa shape index (κ3) is 7.27. The lowest BCUT2D eigenvalue weighted by molar-refractivity contribution is -0.138. The number of carboxylic acids is 1. The van der Waals surface area contributed by atoms with E-state index in [0.29, 0.717) is 13.0 Å². The molecule has 0 fully saturated rings. The number of rotatable bonds is 12. The van der Waals surface area contributed by atoms with E-state index < -0.39 is 34.5 Å². The zero-order chi connectivity index (χ0) is 28.8. The number of anilines is 1. The summed E-state index contributed by atoms with van der Waals surface area (Å²) in [7, 11) is -3.95. The van der Waals surface area contributed by atoms with Crippen molar-refractivity contribution in [2.75, 3.05) is 24.2 Å². The number of fused-ring (bicyclic) bond motifs is 2. The zero-order valence-corrected chi connectivity index (χ0v) is 23.2. The van der Waals surface area contributed by atoms with Crippen molar-refractivity contribution in [1.29, 1.82) is 0 Å². The van der Waals surface area contributed by atoms with Crippen molar-refractivity contribution < 1.29 is 23.1 Å². The molecule has 2 aromatic heterocycles. The molecule has 5 rings (SSSR count). The van der Waals surface area contributed by atoms with Crippen molar-refractivity contribution in [2.45, 2.75) is 38.3 Å². The van der Waals surface area contributed by atoms with E-state index in [1.165, 1.54) is 11.8 Å². The van der Waals surface area contributed by atoms with E-state index in [0.717, 1.165) is 47.2 Å². The quantitative estimate of drug-likeness (QED) is 0.200. The molecule has 41 heavy (non-hydrogen) atoms. The van der Waals surface area contributed by atoms with E-state index in [2.05, 4.69) is 31.5 Å². The Labute approximate surface area is 238 Å². The summed E-state index contributed by atoms with van der Waals surface area (Å²) in [6.07, 6.45) is 5.91. The van der Waals surface area contributed by atoms with E-state index in [1.807, 2.05) is 48.5 Å². The average molecular weight is 577 g/mol. The molecule has 0 saturated carbocycles. The van der Waals surface area contributed by atoms with Gasteiger partial charge in [0.05, 0.1) is 17.5 Å². The second kappa shape index (κ2) is 12.5. The summed E-state index contributed by atoms with van der Waals surface area (Å²) in [6, 6.07) is 15.9. The van der Waals surface area contributed by atoms with Gasteiger partial charge in [-0.2, -0.15) is 9.82 Å². The first-order valence-corrected chi connectivity index (χ1v) is 15.2. The minimum Gasteiger partial charge on any atom is -0.480 e. The molecule has 214 valence electrons. The molecule has 0 aliphatic carbocycles. The van der Waals surface area contributed by atoms with Gasteiger partial charge < -0.3 is 15.7 Å². The van der Waals surface area contributed by atoms with Crippen LogP contribution in [0.15, 0.2) is 67.0 Å². The Morgan fingerprint density at radius 2 is 1.90 bits per heavy atom. The maximum Gasteiger partial charge on any atom is 0.323 e. The van der Waals surface area contributed by atoms with E-state index in [9.17, 15) is 23.1 Å². The van der Waals surface area contributed by atoms with Crippen molar-refractivity contribution >= 4 is 38.5 Å². The third-order valence-corrected chi connectivity index (χ3v) is 8.44. The fraction of sp³-hybridized carbons (Fsp3) is 0.310. The molecule has 12 heteroatoms. The average Bonchev–Trinajstić information content (AvgIpc) is 3.46. The standard InChI is InChI=1S/C29H32N6O5S/c36-28(23-17-32-35(19-23)15-12-24-11-10-22-8-4-14-30-27(22)33-24)31-18-26(29(37)38)34-41(39,40)16-13-21-7-3-6-20-5-1-2-9-25(20)21/h1-3,5-7,9-11,17,19,26,34H,4,8,12-16,18H2,(H,30,33)(H,31,36)(H,37,38)/t26-/m0/s1. The second-order valence-electron chi connectivity index (χ2n) is 10.0. The van der Waals surface area contributed by atoms with Gasteiger partial charge in [0.1, 0.15) is 11.9 Å². The van der Waals surface area contributed by atoms with Crippen LogP contribution in [0.25, 0.3) is 10.8 Å². The smallest absolute Gasteiger partial charge is 0.323 e. The van der Waals surface area contributed by atoms with Crippen LogP contribution in [0.2, 0.25) is 0 Å². The Bertz CT molecular complexity index is 1660. The van der Waals surface area contributed by atoms with Crippen LogP contribution in [0.1, 0.15) is 33.6 Å². The molecule has 2 aromatic carbocycles. The number of hydrogen-bond donors (Lipinski definition) is 4. The van der Waals surface area contributed by atoms with Crippen LogP contribution in [-0.4, -0.2) is 65.0 Å². The number of amides is 1. The van der Waals surface area contributed by atoms with Crippen LogP contribution < -0.4 is 15.4 Å². The monoisotopic (exact) mass is 576 g/mol. The Hall–Kier alpha value is -4.29. The van der Waals surface area contributed by atoms with E-state index in [-0.39, 0.29) is 17.7 Å². The first kappa shape index (κ1) is 28.2. The number of carboxylic acid groups (broad SMARTS) is 1. The predicted octanol–water partition coefficient (Wildman–Crippen LogP) is 2.38. The molecule has 3 heterocycles. The molecule has 4 aromatic rings. The maximum atomic E-state index is 12.7. The second-order valence-corrected chi connectivity index (χ2v) is 11.9. The SMILES string of the molecule is O=C(NC[C@H](NS(=O)(=O)CCc1cccc2ccccc12)C(=O)O)c1cnn(CCc2ccc3c(n2)NCCC3)c1. The molecule has 1 aliphatic heterocycles. The number of aryl methyl sites for hydroxylation is 4. The van der Waals surface area contributed by atoms with Gasteiger partial charge in [0.25, 0.3) is 5.91 Å². The van der Waals surface area contributed by atoms with Gasteiger partial charge in [0, 0.05) is 37.9 Å². The third-order valence-electron chi connectivity index (χ3n) is 7.05. The Morgan fingerprint density at radius 1 is 1.07 bits per heavy atom. The van der Waals surface area contributed by atoms with Crippen LogP contribution in [0.5, 0.6) is 0 Å². The van der Waals surface area contributed by atoms with E-state index in [1.54, 1.807) is 10.9 Å². The molecule has 4 N–H and O–H groups in total. The van der Waals surface area contributed by atoms with Gasteiger partial charge in [0.2, 0.25) is 10.0 Å². The normalized spacial score (nSPS) is 13.8. The number of carbonyl (C=O) groups excluding carboxylic acids is 1. The van der Waals surface area contributed by atoms with Crippen LogP contribution in [0.4, 0.5) is 5.82 Å².